The van der Waals surface area contributed by atoms with Gasteiger partial charge in [-0.2, -0.15) is 4.98 Å². The highest BCUT2D eigenvalue weighted by molar-refractivity contribution is 5.20. The molecule has 0 aliphatic rings. The second-order valence-electron chi connectivity index (χ2n) is 3.95. The lowest BCUT2D eigenvalue weighted by Gasteiger charge is -2.00. The Labute approximate surface area is 105 Å². The zero-order valence-corrected chi connectivity index (χ0v) is 10.5. The van der Waals surface area contributed by atoms with E-state index >= 15 is 0 Å². The van der Waals surface area contributed by atoms with Crippen LogP contribution in [0.1, 0.15) is 36.7 Å². The van der Waals surface area contributed by atoms with Crippen LogP contribution in [0.3, 0.4) is 0 Å². The van der Waals surface area contributed by atoms with Crippen molar-refractivity contribution in [2.75, 3.05) is 7.11 Å². The molecule has 1 atom stereocenters. The molecule has 0 spiro atoms. The molecule has 0 amide bonds. The molecule has 18 heavy (non-hydrogen) atoms. The van der Waals surface area contributed by atoms with Crippen LogP contribution in [0.4, 0.5) is 0 Å². The molecule has 0 fully saturated rings. The summed E-state index contributed by atoms with van der Waals surface area (Å²) in [7, 11) is 1.58. The first-order valence-electron chi connectivity index (χ1n) is 5.80. The third-order valence-electron chi connectivity index (χ3n) is 2.61. The molecule has 2 aromatic rings. The molecule has 2 rings (SSSR count). The van der Waals surface area contributed by atoms with Gasteiger partial charge < -0.3 is 15.0 Å². The monoisotopic (exact) mass is 248 g/mol. The number of aromatic nitrogens is 3. The Bertz CT molecular complexity index is 495. The Morgan fingerprint density at radius 3 is 2.89 bits per heavy atom. The molecule has 6 nitrogen and oxygen atoms in total. The number of rotatable bonds is 5. The largest absolute Gasteiger partial charge is 0.481 e. The lowest BCUT2D eigenvalue weighted by atomic mass is 10.2. The van der Waals surface area contributed by atoms with E-state index in [1.165, 1.54) is 0 Å². The highest BCUT2D eigenvalue weighted by Crippen LogP contribution is 2.13. The van der Waals surface area contributed by atoms with Gasteiger partial charge in [0.05, 0.1) is 13.2 Å². The van der Waals surface area contributed by atoms with Crippen molar-refractivity contribution in [2.45, 2.75) is 25.8 Å². The SMILES string of the molecule is CC[C@@H](N)c1nc(Cc2ccc(OC)nc2)no1. The van der Waals surface area contributed by atoms with E-state index in [1.54, 1.807) is 19.4 Å². The Hall–Kier alpha value is -1.95. The van der Waals surface area contributed by atoms with Crippen LogP contribution in [-0.4, -0.2) is 22.2 Å². The maximum absolute atomic E-state index is 5.81. The summed E-state index contributed by atoms with van der Waals surface area (Å²) in [5.41, 5.74) is 6.81. The molecular weight excluding hydrogens is 232 g/mol. The second-order valence-corrected chi connectivity index (χ2v) is 3.95. The number of nitrogens with two attached hydrogens (primary N) is 1. The van der Waals surface area contributed by atoms with Gasteiger partial charge in [-0.25, -0.2) is 4.98 Å². The third kappa shape index (κ3) is 2.84. The van der Waals surface area contributed by atoms with Crippen LogP contribution in [0.25, 0.3) is 0 Å². The Balaban J connectivity index is 2.06. The van der Waals surface area contributed by atoms with Crippen LogP contribution in [0.2, 0.25) is 0 Å². The van der Waals surface area contributed by atoms with E-state index in [-0.39, 0.29) is 6.04 Å². The van der Waals surface area contributed by atoms with Crippen LogP contribution in [-0.2, 0) is 6.42 Å². The van der Waals surface area contributed by atoms with Gasteiger partial charge in [-0.15, -0.1) is 0 Å². The van der Waals surface area contributed by atoms with Gasteiger partial charge >= 0.3 is 0 Å². The van der Waals surface area contributed by atoms with E-state index < -0.39 is 0 Å². The van der Waals surface area contributed by atoms with Crippen LogP contribution in [0.15, 0.2) is 22.9 Å². The number of pyridine rings is 1. The van der Waals surface area contributed by atoms with Gasteiger partial charge in [0.2, 0.25) is 11.8 Å². The standard InChI is InChI=1S/C12H16N4O2/c1-3-9(13)12-15-10(16-18-12)6-8-4-5-11(17-2)14-7-8/h4-5,7,9H,3,6,13H2,1-2H3/t9-/m1/s1. The van der Waals surface area contributed by atoms with Gasteiger partial charge in [-0.3, -0.25) is 0 Å². The first kappa shape index (κ1) is 12.5. The molecule has 0 aromatic carbocycles. The van der Waals surface area contributed by atoms with Crippen LogP contribution < -0.4 is 10.5 Å². The van der Waals surface area contributed by atoms with Gasteiger partial charge in [0.1, 0.15) is 0 Å². The summed E-state index contributed by atoms with van der Waals surface area (Å²) in [6.07, 6.45) is 3.07. The molecule has 0 aliphatic heterocycles. The smallest absolute Gasteiger partial charge is 0.243 e. The first-order chi connectivity index (χ1) is 8.72. The van der Waals surface area contributed by atoms with E-state index in [4.69, 9.17) is 15.0 Å². The summed E-state index contributed by atoms with van der Waals surface area (Å²) >= 11 is 0. The van der Waals surface area contributed by atoms with Crippen molar-refractivity contribution < 1.29 is 9.26 Å². The van der Waals surface area contributed by atoms with Crippen molar-refractivity contribution in [3.8, 4) is 5.88 Å². The fourth-order valence-electron chi connectivity index (χ4n) is 1.48. The molecule has 96 valence electrons. The number of methoxy groups -OCH3 is 1. The summed E-state index contributed by atoms with van der Waals surface area (Å²) in [6, 6.07) is 3.52. The molecule has 0 bridgehead atoms. The molecule has 2 aromatic heterocycles. The molecule has 0 radical (unpaired) electrons. The summed E-state index contributed by atoms with van der Waals surface area (Å²) in [4.78, 5) is 8.38. The van der Waals surface area contributed by atoms with Gasteiger partial charge in [-0.05, 0) is 12.0 Å². The average Bonchev–Trinajstić information content (AvgIpc) is 2.87. The van der Waals surface area contributed by atoms with Crippen LogP contribution in [0, 0.1) is 0 Å². The van der Waals surface area contributed by atoms with Crippen LogP contribution >= 0.6 is 0 Å². The quantitative estimate of drug-likeness (QED) is 0.862. The summed E-state index contributed by atoms with van der Waals surface area (Å²) in [6.45, 7) is 1.97. The molecule has 2 N–H and O–H groups in total. The normalized spacial score (nSPS) is 12.4. The fourth-order valence-corrected chi connectivity index (χ4v) is 1.48. The maximum atomic E-state index is 5.81. The zero-order valence-electron chi connectivity index (χ0n) is 10.5. The van der Waals surface area contributed by atoms with Crippen LogP contribution in [0.5, 0.6) is 5.88 Å². The Morgan fingerprint density at radius 2 is 2.28 bits per heavy atom. The minimum Gasteiger partial charge on any atom is -0.481 e. The maximum Gasteiger partial charge on any atom is 0.243 e. The van der Waals surface area contributed by atoms with Crippen molar-refractivity contribution >= 4 is 0 Å². The molecule has 0 saturated heterocycles. The van der Waals surface area contributed by atoms with Crippen molar-refractivity contribution in [3.05, 3.63) is 35.6 Å². The molecule has 0 aliphatic carbocycles. The Kier molecular flexibility index (Phi) is 3.88. The summed E-state index contributed by atoms with van der Waals surface area (Å²) in [5, 5.41) is 3.90. The predicted molar refractivity (Wildman–Crippen MR) is 65.1 cm³/mol. The summed E-state index contributed by atoms with van der Waals surface area (Å²) < 4.78 is 10.1. The molecule has 2 heterocycles. The lowest BCUT2D eigenvalue weighted by molar-refractivity contribution is 0.348. The minimum atomic E-state index is -0.194. The Morgan fingerprint density at radius 1 is 1.44 bits per heavy atom. The van der Waals surface area contributed by atoms with Gasteiger partial charge in [0, 0.05) is 18.7 Å². The highest BCUT2D eigenvalue weighted by Gasteiger charge is 2.13. The molecule has 6 heteroatoms. The fraction of sp³-hybridized carbons (Fsp3) is 0.417. The number of nitrogens with zero attached hydrogens (tertiary/aromatic N) is 3. The second kappa shape index (κ2) is 5.59. The van der Waals surface area contributed by atoms with E-state index in [0.717, 1.165) is 12.0 Å². The van der Waals surface area contributed by atoms with Gasteiger partial charge in [0.15, 0.2) is 5.82 Å². The minimum absolute atomic E-state index is 0.194. The van der Waals surface area contributed by atoms with Crippen molar-refractivity contribution in [1.29, 1.82) is 0 Å². The molecule has 0 saturated carbocycles. The summed E-state index contributed by atoms with van der Waals surface area (Å²) in [5.74, 6) is 1.68. The zero-order chi connectivity index (χ0) is 13.0. The van der Waals surface area contributed by atoms with Gasteiger partial charge in [0.25, 0.3) is 0 Å². The number of ether oxygens (including phenoxy) is 1. The average molecular weight is 248 g/mol. The lowest BCUT2D eigenvalue weighted by Crippen LogP contribution is -2.08. The van der Waals surface area contributed by atoms with E-state index in [2.05, 4.69) is 15.1 Å². The number of hydrogen-bond donors (Lipinski definition) is 1. The van der Waals surface area contributed by atoms with Gasteiger partial charge in [-0.1, -0.05) is 18.1 Å². The first-order valence-corrected chi connectivity index (χ1v) is 5.80. The van der Waals surface area contributed by atoms with E-state index in [1.807, 2.05) is 13.0 Å². The van der Waals surface area contributed by atoms with Crippen molar-refractivity contribution in [3.63, 3.8) is 0 Å². The predicted octanol–water partition coefficient (Wildman–Crippen LogP) is 1.47. The van der Waals surface area contributed by atoms with E-state index in [0.29, 0.717) is 24.0 Å². The van der Waals surface area contributed by atoms with E-state index in [9.17, 15) is 0 Å². The third-order valence-corrected chi connectivity index (χ3v) is 2.61. The van der Waals surface area contributed by atoms with Crippen molar-refractivity contribution in [2.24, 2.45) is 5.73 Å². The molecule has 0 unspecified atom stereocenters. The van der Waals surface area contributed by atoms with Crippen molar-refractivity contribution in [1.82, 2.24) is 15.1 Å². The number of hydrogen-bond acceptors (Lipinski definition) is 6. The molecular formula is C12H16N4O2. The highest BCUT2D eigenvalue weighted by atomic mass is 16.5. The topological polar surface area (TPSA) is 87.1 Å².